The Labute approximate surface area is 165 Å². The predicted molar refractivity (Wildman–Crippen MR) is 105 cm³/mol. The Kier molecular flexibility index (Phi) is 6.86. The molecule has 1 aliphatic heterocycles. The van der Waals surface area contributed by atoms with Crippen LogP contribution in [0.1, 0.15) is 38.5 Å². The minimum atomic E-state index is -0.449. The van der Waals surface area contributed by atoms with Crippen LogP contribution in [0.4, 0.5) is 10.5 Å². The van der Waals surface area contributed by atoms with Crippen molar-refractivity contribution in [2.45, 2.75) is 50.6 Å². The SMILES string of the molecule is COc1ccc(NC(=O)C2CCCN2CC(=O)NC(=O)NC2CCCC2)cc1. The first-order valence-corrected chi connectivity index (χ1v) is 9.84. The fraction of sp³-hybridized carbons (Fsp3) is 0.550. The summed E-state index contributed by atoms with van der Waals surface area (Å²) in [4.78, 5) is 38.6. The molecular weight excluding hydrogens is 360 g/mol. The summed E-state index contributed by atoms with van der Waals surface area (Å²) in [5.74, 6) is 0.179. The molecule has 2 fully saturated rings. The maximum absolute atomic E-state index is 12.6. The summed E-state index contributed by atoms with van der Waals surface area (Å²) in [6, 6.07) is 6.42. The summed E-state index contributed by atoms with van der Waals surface area (Å²) in [6.45, 7) is 0.678. The van der Waals surface area contributed by atoms with E-state index in [0.717, 1.165) is 32.1 Å². The number of urea groups is 1. The van der Waals surface area contributed by atoms with E-state index in [2.05, 4.69) is 16.0 Å². The first-order valence-electron chi connectivity index (χ1n) is 9.84. The molecule has 3 rings (SSSR count). The number of carbonyl (C=O) groups excluding carboxylic acids is 3. The van der Waals surface area contributed by atoms with Crippen LogP contribution in [0.5, 0.6) is 5.75 Å². The van der Waals surface area contributed by atoms with Crippen molar-refractivity contribution in [1.82, 2.24) is 15.5 Å². The van der Waals surface area contributed by atoms with Crippen molar-refractivity contribution in [2.24, 2.45) is 0 Å². The van der Waals surface area contributed by atoms with E-state index in [4.69, 9.17) is 4.74 Å². The van der Waals surface area contributed by atoms with Crippen molar-refractivity contribution in [1.29, 1.82) is 0 Å². The van der Waals surface area contributed by atoms with E-state index in [9.17, 15) is 14.4 Å². The lowest BCUT2D eigenvalue weighted by Gasteiger charge is -2.23. The number of amides is 4. The number of benzene rings is 1. The number of nitrogens with one attached hydrogen (secondary N) is 3. The van der Waals surface area contributed by atoms with Gasteiger partial charge in [0.1, 0.15) is 5.75 Å². The molecule has 4 amide bonds. The molecule has 0 spiro atoms. The number of carbonyl (C=O) groups is 3. The van der Waals surface area contributed by atoms with Gasteiger partial charge in [0.15, 0.2) is 0 Å². The Morgan fingerprint density at radius 1 is 1.07 bits per heavy atom. The number of imide groups is 1. The summed E-state index contributed by atoms with van der Waals surface area (Å²) < 4.78 is 5.11. The number of nitrogens with zero attached hydrogens (tertiary/aromatic N) is 1. The number of ether oxygens (including phenoxy) is 1. The van der Waals surface area contributed by atoms with Gasteiger partial charge in [0.2, 0.25) is 11.8 Å². The first-order chi connectivity index (χ1) is 13.5. The van der Waals surface area contributed by atoms with Gasteiger partial charge in [-0.05, 0) is 56.5 Å². The van der Waals surface area contributed by atoms with Gasteiger partial charge in [-0.3, -0.25) is 19.8 Å². The summed E-state index contributed by atoms with van der Waals surface area (Å²) in [5, 5.41) is 8.09. The standard InChI is InChI=1S/C20H28N4O4/c1-28-16-10-8-15(9-11-16)21-19(26)17-7-4-12-24(17)13-18(25)23-20(27)22-14-5-2-3-6-14/h8-11,14,17H,2-7,12-13H2,1H3,(H,21,26)(H2,22,23,25,27). The maximum atomic E-state index is 12.6. The quantitative estimate of drug-likeness (QED) is 0.691. The molecule has 1 aromatic carbocycles. The fourth-order valence-corrected chi connectivity index (χ4v) is 3.85. The average molecular weight is 388 g/mol. The lowest BCUT2D eigenvalue weighted by Crippen LogP contribution is -2.49. The van der Waals surface area contributed by atoms with Crippen LogP contribution in [0.3, 0.4) is 0 Å². The molecule has 1 unspecified atom stereocenters. The van der Waals surface area contributed by atoms with Gasteiger partial charge in [-0.2, -0.15) is 0 Å². The van der Waals surface area contributed by atoms with Crippen molar-refractivity contribution >= 4 is 23.5 Å². The van der Waals surface area contributed by atoms with Crippen molar-refractivity contribution in [2.75, 3.05) is 25.5 Å². The van der Waals surface area contributed by atoms with E-state index in [-0.39, 0.29) is 30.4 Å². The normalized spacial score (nSPS) is 20.0. The molecule has 0 aromatic heterocycles. The molecule has 3 N–H and O–H groups in total. The van der Waals surface area contributed by atoms with Gasteiger partial charge in [-0.1, -0.05) is 12.8 Å². The number of methoxy groups -OCH3 is 1. The Morgan fingerprint density at radius 3 is 2.46 bits per heavy atom. The summed E-state index contributed by atoms with van der Waals surface area (Å²) in [6.07, 6.45) is 5.66. The van der Waals surface area contributed by atoms with Gasteiger partial charge in [-0.15, -0.1) is 0 Å². The third kappa shape index (κ3) is 5.45. The molecule has 1 aromatic rings. The molecule has 0 radical (unpaired) electrons. The molecule has 8 nitrogen and oxygen atoms in total. The molecule has 1 saturated heterocycles. The molecule has 0 bridgehead atoms. The van der Waals surface area contributed by atoms with Gasteiger partial charge in [0.05, 0.1) is 19.7 Å². The number of likely N-dealkylation sites (tertiary alicyclic amines) is 1. The van der Waals surface area contributed by atoms with Crippen molar-refractivity contribution in [3.8, 4) is 5.75 Å². The van der Waals surface area contributed by atoms with Crippen LogP contribution in [0.15, 0.2) is 24.3 Å². The molecule has 1 saturated carbocycles. The van der Waals surface area contributed by atoms with Crippen LogP contribution < -0.4 is 20.7 Å². The molecule has 1 atom stereocenters. The largest absolute Gasteiger partial charge is 0.497 e. The van der Waals surface area contributed by atoms with Crippen LogP contribution in [0, 0.1) is 0 Å². The van der Waals surface area contributed by atoms with Gasteiger partial charge < -0.3 is 15.4 Å². The highest BCUT2D eigenvalue weighted by Crippen LogP contribution is 2.20. The Balaban J connectivity index is 1.48. The molecule has 28 heavy (non-hydrogen) atoms. The fourth-order valence-electron chi connectivity index (χ4n) is 3.85. The summed E-state index contributed by atoms with van der Waals surface area (Å²) in [7, 11) is 1.59. The number of anilines is 1. The number of rotatable bonds is 6. The second-order valence-electron chi connectivity index (χ2n) is 7.35. The van der Waals surface area contributed by atoms with Crippen molar-refractivity contribution in [3.63, 3.8) is 0 Å². The van der Waals surface area contributed by atoms with Crippen LogP contribution in [-0.4, -0.2) is 55.0 Å². The lowest BCUT2D eigenvalue weighted by molar-refractivity contribution is -0.124. The molecule has 1 aliphatic carbocycles. The van der Waals surface area contributed by atoms with Crippen LogP contribution in [0.2, 0.25) is 0 Å². The Hall–Kier alpha value is -2.61. The second-order valence-corrected chi connectivity index (χ2v) is 7.35. The minimum Gasteiger partial charge on any atom is -0.497 e. The third-order valence-electron chi connectivity index (χ3n) is 5.31. The molecule has 2 aliphatic rings. The number of hydrogen-bond donors (Lipinski definition) is 3. The Bertz CT molecular complexity index is 701. The van der Waals surface area contributed by atoms with E-state index in [1.807, 2.05) is 4.90 Å². The Morgan fingerprint density at radius 2 is 1.79 bits per heavy atom. The minimum absolute atomic E-state index is 0.0266. The van der Waals surface area contributed by atoms with Gasteiger partial charge in [0, 0.05) is 11.7 Å². The zero-order chi connectivity index (χ0) is 19.9. The second kappa shape index (κ2) is 9.54. The van der Waals surface area contributed by atoms with Gasteiger partial charge in [-0.25, -0.2) is 4.79 Å². The van der Waals surface area contributed by atoms with Gasteiger partial charge in [0.25, 0.3) is 0 Å². The van der Waals surface area contributed by atoms with E-state index >= 15 is 0 Å². The van der Waals surface area contributed by atoms with E-state index < -0.39 is 6.03 Å². The molecule has 1 heterocycles. The maximum Gasteiger partial charge on any atom is 0.321 e. The lowest BCUT2D eigenvalue weighted by atomic mass is 10.2. The van der Waals surface area contributed by atoms with Crippen LogP contribution >= 0.6 is 0 Å². The summed E-state index contributed by atoms with van der Waals surface area (Å²) in [5.41, 5.74) is 0.679. The van der Waals surface area contributed by atoms with Crippen LogP contribution in [0.25, 0.3) is 0 Å². The highest BCUT2D eigenvalue weighted by molar-refractivity contribution is 5.97. The van der Waals surface area contributed by atoms with Crippen molar-refractivity contribution < 1.29 is 19.1 Å². The monoisotopic (exact) mass is 388 g/mol. The van der Waals surface area contributed by atoms with E-state index in [0.29, 0.717) is 24.4 Å². The van der Waals surface area contributed by atoms with Crippen LogP contribution in [-0.2, 0) is 9.59 Å². The zero-order valence-corrected chi connectivity index (χ0v) is 16.2. The highest BCUT2D eigenvalue weighted by atomic mass is 16.5. The third-order valence-corrected chi connectivity index (χ3v) is 5.31. The zero-order valence-electron chi connectivity index (χ0n) is 16.2. The summed E-state index contributed by atoms with van der Waals surface area (Å²) >= 11 is 0. The smallest absolute Gasteiger partial charge is 0.321 e. The average Bonchev–Trinajstić information content (AvgIpc) is 3.34. The molecule has 152 valence electrons. The van der Waals surface area contributed by atoms with E-state index in [1.54, 1.807) is 31.4 Å². The van der Waals surface area contributed by atoms with Gasteiger partial charge >= 0.3 is 6.03 Å². The first kappa shape index (κ1) is 20.1. The van der Waals surface area contributed by atoms with E-state index in [1.165, 1.54) is 0 Å². The topological polar surface area (TPSA) is 99.8 Å². The highest BCUT2D eigenvalue weighted by Gasteiger charge is 2.32. The molecule has 8 heteroatoms. The predicted octanol–water partition coefficient (Wildman–Crippen LogP) is 1.87. The van der Waals surface area contributed by atoms with Crippen molar-refractivity contribution in [3.05, 3.63) is 24.3 Å². The number of hydrogen-bond acceptors (Lipinski definition) is 5. The molecular formula is C20H28N4O4.